The van der Waals surface area contributed by atoms with Crippen molar-refractivity contribution in [2.24, 2.45) is 10.9 Å². The van der Waals surface area contributed by atoms with E-state index in [-0.39, 0.29) is 52.0 Å². The largest absolute Gasteiger partial charge is 0.415 e. The summed E-state index contributed by atoms with van der Waals surface area (Å²) in [6.45, 7) is 28.0. The van der Waals surface area contributed by atoms with Crippen molar-refractivity contribution in [1.29, 1.82) is 0 Å². The Balaban J connectivity index is 1.38. The number of carbonyl (C=O) groups excluding carboxylic acids is 3. The molecule has 16 heteroatoms. The predicted molar refractivity (Wildman–Crippen MR) is 300 cm³/mol. The highest BCUT2D eigenvalue weighted by atomic mass is 35.5. The van der Waals surface area contributed by atoms with Crippen LogP contribution in [0.3, 0.4) is 0 Å². The molecular weight excluding hydrogens is 948 g/mol. The summed E-state index contributed by atoms with van der Waals surface area (Å²) < 4.78 is 24.5. The zero-order valence-electron chi connectivity index (χ0n) is 45.5. The van der Waals surface area contributed by atoms with Crippen molar-refractivity contribution < 1.29 is 32.7 Å². The van der Waals surface area contributed by atoms with Crippen molar-refractivity contribution in [3.63, 3.8) is 0 Å². The zero-order valence-corrected chi connectivity index (χ0v) is 48.2. The maximum atomic E-state index is 14.0. The fourth-order valence-corrected chi connectivity index (χ4v) is 10.0. The van der Waals surface area contributed by atoms with Gasteiger partial charge in [0.2, 0.25) is 11.8 Å². The molecule has 2 N–H and O–H groups in total. The Labute approximate surface area is 434 Å². The molecule has 0 aromatic heterocycles. The molecule has 0 spiro atoms. The summed E-state index contributed by atoms with van der Waals surface area (Å²) in [5, 5.41) is 6.40. The number of nitrogens with zero attached hydrogens (tertiary/aromatic N) is 4. The molecule has 1 heterocycles. The van der Waals surface area contributed by atoms with E-state index in [4.69, 9.17) is 34.9 Å². The number of alkyl halides is 1. The second kappa shape index (κ2) is 28.6. The minimum absolute atomic E-state index is 0.0166. The Hall–Kier alpha value is -3.84. The third-order valence-corrected chi connectivity index (χ3v) is 23.8. The number of carbonyl (C=O) groups is 3. The van der Waals surface area contributed by atoms with Crippen LogP contribution < -0.4 is 20.4 Å². The first-order chi connectivity index (χ1) is 33.5. The summed E-state index contributed by atoms with van der Waals surface area (Å²) in [5.74, 6) is 0.394. The molecule has 71 heavy (non-hydrogen) atoms. The van der Waals surface area contributed by atoms with Crippen molar-refractivity contribution in [2.45, 2.75) is 135 Å². The standard InChI is InChI=1S/C55H89ClN6O7Si2/c1-54(2,3)70(9,10)68-37-33-61(34-38-69-71(11,12)55(4,5)6)48-28-17-43(18-29-48)21-30-50-59-49(41-44-19-26-47(27-20-44)60(7)8)53(65)62(50)42-51(63)58-46-24-22-45(23-25-46)52(64)57-32-36-67-40-39-66-35-16-14-13-15-31-56/h17-21,26-30,41,45-46H,13-16,22-25,31-40,42H2,1-12H3,(H,57,64)(H,58,63)/b30-21+,49-41-/t45-,46-. The van der Waals surface area contributed by atoms with Gasteiger partial charge in [-0.2, -0.15) is 0 Å². The van der Waals surface area contributed by atoms with Crippen LogP contribution in [0.5, 0.6) is 0 Å². The number of hydrogen-bond acceptors (Lipinski definition) is 10. The van der Waals surface area contributed by atoms with Crippen molar-refractivity contribution in [2.75, 3.05) is 95.6 Å². The van der Waals surface area contributed by atoms with Gasteiger partial charge in [-0.05, 0) is 122 Å². The SMILES string of the molecule is CN(C)c1ccc(/C=C2N=C(/C=C/c3ccc(N(CCO[Si](C)(C)C(C)(C)C)CCO[Si](C)(C)C(C)(C)C)cc3)N(CC(=O)N[C@H]3CC[C@H](C(=O)NCCOCCOCCCCCCCl)CC3)C\2=O)cc1. The molecule has 1 aliphatic carbocycles. The van der Waals surface area contributed by atoms with Gasteiger partial charge in [0, 0.05) is 69.6 Å². The topological polar surface area (TPSA) is 134 Å². The molecule has 0 radical (unpaired) electrons. The van der Waals surface area contributed by atoms with Crippen LogP contribution in [0.15, 0.2) is 65.3 Å². The number of benzene rings is 2. The van der Waals surface area contributed by atoms with Gasteiger partial charge in [0.1, 0.15) is 18.1 Å². The Morgan fingerprint density at radius 2 is 1.28 bits per heavy atom. The van der Waals surface area contributed by atoms with Gasteiger partial charge in [-0.15, -0.1) is 11.6 Å². The number of aliphatic imine (C=N–C) groups is 1. The predicted octanol–water partition coefficient (Wildman–Crippen LogP) is 10.5. The number of amides is 3. The molecule has 13 nitrogen and oxygen atoms in total. The second-order valence-corrected chi connectivity index (χ2v) is 32.2. The quantitative estimate of drug-likeness (QED) is 0.0353. The Kier molecular flexibility index (Phi) is 24.0. The lowest BCUT2D eigenvalue weighted by Gasteiger charge is -2.38. The van der Waals surface area contributed by atoms with E-state index in [1.165, 1.54) is 4.90 Å². The van der Waals surface area contributed by atoms with Gasteiger partial charge in [-0.1, -0.05) is 84.7 Å². The van der Waals surface area contributed by atoms with E-state index < -0.39 is 16.6 Å². The van der Waals surface area contributed by atoms with Crippen molar-refractivity contribution >= 4 is 75.3 Å². The number of hydrogen-bond donors (Lipinski definition) is 2. The highest BCUT2D eigenvalue weighted by molar-refractivity contribution is 6.74. The molecule has 0 unspecified atom stereocenters. The lowest BCUT2D eigenvalue weighted by Crippen LogP contribution is -2.46. The van der Waals surface area contributed by atoms with Crippen molar-refractivity contribution in [3.8, 4) is 0 Å². The van der Waals surface area contributed by atoms with Crippen LogP contribution in [0.2, 0.25) is 36.3 Å². The van der Waals surface area contributed by atoms with Crippen LogP contribution in [0.4, 0.5) is 11.4 Å². The maximum Gasteiger partial charge on any atom is 0.278 e. The Morgan fingerprint density at radius 1 is 0.732 bits per heavy atom. The number of halogens is 1. The molecule has 1 aliphatic heterocycles. The van der Waals surface area contributed by atoms with Gasteiger partial charge in [-0.25, -0.2) is 4.99 Å². The summed E-state index contributed by atoms with van der Waals surface area (Å²) in [6, 6.07) is 16.2. The molecule has 1 saturated carbocycles. The number of unbranched alkanes of at least 4 members (excludes halogenated alkanes) is 3. The van der Waals surface area contributed by atoms with E-state index >= 15 is 0 Å². The van der Waals surface area contributed by atoms with E-state index in [0.29, 0.717) is 77.0 Å². The van der Waals surface area contributed by atoms with E-state index in [2.05, 4.69) is 108 Å². The summed E-state index contributed by atoms with van der Waals surface area (Å²) in [4.78, 5) is 51.3. The van der Waals surface area contributed by atoms with E-state index in [1.54, 1.807) is 6.08 Å². The van der Waals surface area contributed by atoms with Gasteiger partial charge in [0.05, 0.1) is 33.0 Å². The first-order valence-corrected chi connectivity index (χ1v) is 32.4. The zero-order chi connectivity index (χ0) is 52.2. The molecule has 1 fully saturated rings. The molecule has 3 amide bonds. The molecule has 0 bridgehead atoms. The summed E-state index contributed by atoms with van der Waals surface area (Å²) in [6.07, 6.45) is 12.5. The number of rotatable bonds is 29. The molecular formula is C55H89ClN6O7Si2. The Morgan fingerprint density at radius 3 is 1.85 bits per heavy atom. The van der Waals surface area contributed by atoms with Crippen LogP contribution >= 0.6 is 11.6 Å². The smallest absolute Gasteiger partial charge is 0.278 e. The number of anilines is 2. The minimum Gasteiger partial charge on any atom is -0.415 e. The van der Waals surface area contributed by atoms with E-state index in [1.807, 2.05) is 55.4 Å². The molecule has 2 aromatic carbocycles. The number of ether oxygens (including phenoxy) is 2. The minimum atomic E-state index is -1.93. The van der Waals surface area contributed by atoms with Crippen molar-refractivity contribution in [1.82, 2.24) is 15.5 Å². The van der Waals surface area contributed by atoms with Crippen LogP contribution in [0, 0.1) is 5.92 Å². The molecule has 0 saturated heterocycles. The van der Waals surface area contributed by atoms with Crippen LogP contribution in [0.1, 0.15) is 104 Å². The van der Waals surface area contributed by atoms with Crippen LogP contribution in [0.25, 0.3) is 12.2 Å². The first kappa shape index (κ1) is 59.7. The van der Waals surface area contributed by atoms with E-state index in [9.17, 15) is 14.4 Å². The summed E-state index contributed by atoms with van der Waals surface area (Å²) >= 11 is 5.72. The monoisotopic (exact) mass is 1040 g/mol. The normalized spacial score (nSPS) is 17.5. The van der Waals surface area contributed by atoms with Crippen molar-refractivity contribution in [3.05, 3.63) is 71.4 Å². The fourth-order valence-electron chi connectivity index (χ4n) is 7.75. The number of nitrogens with one attached hydrogen (secondary N) is 2. The second-order valence-electron chi connectivity index (χ2n) is 22.2. The average Bonchev–Trinajstić information content (AvgIpc) is 3.59. The average molecular weight is 1040 g/mol. The third-order valence-electron chi connectivity index (χ3n) is 14.5. The molecule has 2 aliphatic rings. The highest BCUT2D eigenvalue weighted by Gasteiger charge is 2.38. The van der Waals surface area contributed by atoms with Gasteiger partial charge in [-0.3, -0.25) is 19.3 Å². The van der Waals surface area contributed by atoms with Gasteiger partial charge in [0.15, 0.2) is 16.6 Å². The highest BCUT2D eigenvalue weighted by Crippen LogP contribution is 2.38. The number of amidine groups is 1. The lowest BCUT2D eigenvalue weighted by atomic mass is 9.85. The van der Waals surface area contributed by atoms with Gasteiger partial charge < -0.3 is 38.8 Å². The molecule has 0 atom stereocenters. The van der Waals surface area contributed by atoms with Gasteiger partial charge >= 0.3 is 0 Å². The fraction of sp³-hybridized carbons (Fsp3) is 0.636. The van der Waals surface area contributed by atoms with Gasteiger partial charge in [0.25, 0.3) is 5.91 Å². The molecule has 2 aromatic rings. The maximum absolute atomic E-state index is 14.0. The summed E-state index contributed by atoms with van der Waals surface area (Å²) in [7, 11) is 0.108. The van der Waals surface area contributed by atoms with Crippen LogP contribution in [-0.4, -0.2) is 137 Å². The van der Waals surface area contributed by atoms with Crippen LogP contribution in [-0.2, 0) is 32.7 Å². The summed E-state index contributed by atoms with van der Waals surface area (Å²) in [5.41, 5.74) is 4.14. The Bertz CT molecular complexity index is 2030. The first-order valence-electron chi connectivity index (χ1n) is 26.0. The lowest BCUT2D eigenvalue weighted by molar-refractivity contribution is -0.129. The third kappa shape index (κ3) is 19.8. The van der Waals surface area contributed by atoms with E-state index in [0.717, 1.165) is 67.9 Å². The molecule has 4 rings (SSSR count). The molecule has 396 valence electrons.